The highest BCUT2D eigenvalue weighted by Gasteiger charge is 2.33. The highest BCUT2D eigenvalue weighted by atomic mass is 32.2. The second kappa shape index (κ2) is 12.9. The summed E-state index contributed by atoms with van der Waals surface area (Å²) in [4.78, 5) is 28.9. The van der Waals surface area contributed by atoms with E-state index in [1.165, 1.54) is 17.0 Å². The first-order valence-corrected chi connectivity index (χ1v) is 14.6. The van der Waals surface area contributed by atoms with E-state index < -0.39 is 34.3 Å². The van der Waals surface area contributed by atoms with E-state index in [1.807, 2.05) is 57.2 Å². The van der Waals surface area contributed by atoms with Crippen LogP contribution < -0.4 is 9.62 Å². The molecule has 0 unspecified atom stereocenters. The van der Waals surface area contributed by atoms with Gasteiger partial charge in [-0.15, -0.1) is 0 Å². The van der Waals surface area contributed by atoms with E-state index in [9.17, 15) is 22.4 Å². The zero-order valence-electron chi connectivity index (χ0n) is 23.0. The highest BCUT2D eigenvalue weighted by molar-refractivity contribution is 7.92. The monoisotopic (exact) mass is 553 g/mol. The van der Waals surface area contributed by atoms with Crippen molar-refractivity contribution in [3.05, 3.63) is 101 Å². The Morgan fingerprint density at radius 1 is 0.923 bits per heavy atom. The summed E-state index contributed by atoms with van der Waals surface area (Å²) in [6.45, 7) is 6.84. The van der Waals surface area contributed by atoms with Gasteiger partial charge in [0.15, 0.2) is 0 Å². The van der Waals surface area contributed by atoms with Crippen LogP contribution in [0, 0.1) is 19.7 Å². The van der Waals surface area contributed by atoms with Gasteiger partial charge >= 0.3 is 0 Å². The van der Waals surface area contributed by atoms with Crippen LogP contribution >= 0.6 is 0 Å². The van der Waals surface area contributed by atoms with Gasteiger partial charge in [0, 0.05) is 19.0 Å². The predicted octanol–water partition coefficient (Wildman–Crippen LogP) is 4.37. The van der Waals surface area contributed by atoms with Gasteiger partial charge in [0.25, 0.3) is 0 Å². The second-order valence-electron chi connectivity index (χ2n) is 10.1. The topological polar surface area (TPSA) is 86.8 Å². The fraction of sp³-hybridized carbons (Fsp3) is 0.333. The van der Waals surface area contributed by atoms with E-state index in [0.29, 0.717) is 16.8 Å². The molecule has 208 valence electrons. The molecule has 0 aliphatic rings. The maximum Gasteiger partial charge on any atom is 0.244 e. The summed E-state index contributed by atoms with van der Waals surface area (Å²) in [5, 5.41) is 2.90. The van der Waals surface area contributed by atoms with Crippen molar-refractivity contribution in [2.24, 2.45) is 0 Å². The maximum atomic E-state index is 14.0. The number of carbonyl (C=O) groups is 2. The molecule has 1 atom stereocenters. The lowest BCUT2D eigenvalue weighted by atomic mass is 10.0. The van der Waals surface area contributed by atoms with Crippen LogP contribution in [0.25, 0.3) is 0 Å². The van der Waals surface area contributed by atoms with Gasteiger partial charge in [0.2, 0.25) is 21.8 Å². The number of halogens is 1. The predicted molar refractivity (Wildman–Crippen MR) is 152 cm³/mol. The van der Waals surface area contributed by atoms with Crippen LogP contribution in [-0.4, -0.2) is 50.0 Å². The van der Waals surface area contributed by atoms with E-state index in [4.69, 9.17) is 0 Å². The van der Waals surface area contributed by atoms with Gasteiger partial charge in [-0.2, -0.15) is 0 Å². The third kappa shape index (κ3) is 8.38. The smallest absolute Gasteiger partial charge is 0.244 e. The SMILES string of the molecule is Cc1ccc(N(CC(=O)N(Cc2ccc(F)cc2)[C@H](Cc2ccccc2)C(=O)NC(C)C)S(C)(=O)=O)c(C)c1. The number of hydrogen-bond donors (Lipinski definition) is 1. The zero-order valence-corrected chi connectivity index (χ0v) is 23.8. The molecule has 0 aromatic heterocycles. The molecule has 1 N–H and O–H groups in total. The van der Waals surface area contributed by atoms with Crippen molar-refractivity contribution in [1.29, 1.82) is 0 Å². The first-order chi connectivity index (χ1) is 18.3. The molecular weight excluding hydrogens is 517 g/mol. The van der Waals surface area contributed by atoms with E-state index >= 15 is 0 Å². The Hall–Kier alpha value is -3.72. The maximum absolute atomic E-state index is 14.0. The van der Waals surface area contributed by atoms with Crippen LogP contribution in [0.3, 0.4) is 0 Å². The molecule has 9 heteroatoms. The van der Waals surface area contributed by atoms with Gasteiger partial charge < -0.3 is 10.2 Å². The first kappa shape index (κ1) is 29.8. The minimum absolute atomic E-state index is 0.00733. The van der Waals surface area contributed by atoms with Gasteiger partial charge in [0.1, 0.15) is 18.4 Å². The number of anilines is 1. The first-order valence-electron chi connectivity index (χ1n) is 12.8. The Morgan fingerprint density at radius 2 is 1.56 bits per heavy atom. The van der Waals surface area contributed by atoms with Gasteiger partial charge in [-0.25, -0.2) is 12.8 Å². The van der Waals surface area contributed by atoms with E-state index in [0.717, 1.165) is 21.7 Å². The molecular formula is C30H36FN3O4S. The van der Waals surface area contributed by atoms with Crippen LogP contribution in [0.1, 0.15) is 36.1 Å². The molecule has 0 saturated carbocycles. The van der Waals surface area contributed by atoms with Crippen molar-refractivity contribution in [3.8, 4) is 0 Å². The van der Waals surface area contributed by atoms with E-state index in [2.05, 4.69) is 5.32 Å². The minimum atomic E-state index is -3.85. The van der Waals surface area contributed by atoms with Crippen molar-refractivity contribution in [1.82, 2.24) is 10.2 Å². The molecule has 0 heterocycles. The Morgan fingerprint density at radius 3 is 2.13 bits per heavy atom. The third-order valence-corrected chi connectivity index (χ3v) is 7.39. The fourth-order valence-electron chi connectivity index (χ4n) is 4.40. The molecule has 0 saturated heterocycles. The highest BCUT2D eigenvalue weighted by Crippen LogP contribution is 2.25. The molecule has 0 aliphatic carbocycles. The molecule has 3 aromatic carbocycles. The molecule has 3 aromatic rings. The van der Waals surface area contributed by atoms with E-state index in [-0.39, 0.29) is 24.9 Å². The minimum Gasteiger partial charge on any atom is -0.352 e. The lowest BCUT2D eigenvalue weighted by Gasteiger charge is -2.34. The molecule has 2 amide bonds. The summed E-state index contributed by atoms with van der Waals surface area (Å²) in [6, 6.07) is 19.2. The number of carbonyl (C=O) groups excluding carboxylic acids is 2. The average Bonchev–Trinajstić information content (AvgIpc) is 2.85. The summed E-state index contributed by atoms with van der Waals surface area (Å²) >= 11 is 0. The molecule has 7 nitrogen and oxygen atoms in total. The number of sulfonamides is 1. The molecule has 0 radical (unpaired) electrons. The van der Waals surface area contributed by atoms with Crippen LogP contribution in [0.5, 0.6) is 0 Å². The summed E-state index contributed by atoms with van der Waals surface area (Å²) in [5.41, 5.74) is 3.51. The number of nitrogens with zero attached hydrogens (tertiary/aromatic N) is 2. The fourth-order valence-corrected chi connectivity index (χ4v) is 5.31. The van der Waals surface area contributed by atoms with Crippen LogP contribution in [-0.2, 0) is 32.6 Å². The quantitative estimate of drug-likeness (QED) is 0.382. The normalized spacial score (nSPS) is 12.2. The number of nitrogens with one attached hydrogen (secondary N) is 1. The molecule has 0 aliphatic heterocycles. The summed E-state index contributed by atoms with van der Waals surface area (Å²) in [5.74, 6) is -1.33. The van der Waals surface area contributed by atoms with Crippen LogP contribution in [0.2, 0.25) is 0 Å². The van der Waals surface area contributed by atoms with Gasteiger partial charge in [-0.1, -0.05) is 60.2 Å². The van der Waals surface area contributed by atoms with Crippen molar-refractivity contribution in [3.63, 3.8) is 0 Å². The Bertz CT molecular complexity index is 1390. The van der Waals surface area contributed by atoms with E-state index in [1.54, 1.807) is 31.2 Å². The largest absolute Gasteiger partial charge is 0.352 e. The third-order valence-electron chi connectivity index (χ3n) is 6.27. The van der Waals surface area contributed by atoms with Crippen molar-refractivity contribution >= 4 is 27.5 Å². The van der Waals surface area contributed by atoms with Crippen LogP contribution in [0.4, 0.5) is 10.1 Å². The zero-order chi connectivity index (χ0) is 28.7. The second-order valence-corrected chi connectivity index (χ2v) is 12.0. The number of hydrogen-bond acceptors (Lipinski definition) is 4. The standard InChI is InChI=1S/C30H36FN3O4S/c1-21(2)32-30(36)28(18-24-9-7-6-8-10-24)33(19-25-12-14-26(31)15-13-25)29(35)20-34(39(5,37)38)27-16-11-22(3)17-23(27)4/h6-17,21,28H,18-20H2,1-5H3,(H,32,36)/t28-/m1/s1. The average molecular weight is 554 g/mol. The van der Waals surface area contributed by atoms with Crippen molar-refractivity contribution in [2.45, 2.75) is 52.7 Å². The summed E-state index contributed by atoms with van der Waals surface area (Å²) in [7, 11) is -3.85. The van der Waals surface area contributed by atoms with Gasteiger partial charge in [0.05, 0.1) is 11.9 Å². The number of benzene rings is 3. The van der Waals surface area contributed by atoms with Gasteiger partial charge in [-0.05, 0) is 62.6 Å². The number of amides is 2. The lowest BCUT2D eigenvalue weighted by molar-refractivity contribution is -0.140. The van der Waals surface area contributed by atoms with Crippen LogP contribution in [0.15, 0.2) is 72.8 Å². The number of aryl methyl sites for hydroxylation is 2. The molecule has 0 spiro atoms. The molecule has 3 rings (SSSR count). The molecule has 0 bridgehead atoms. The van der Waals surface area contributed by atoms with Gasteiger partial charge in [-0.3, -0.25) is 13.9 Å². The lowest BCUT2D eigenvalue weighted by Crippen LogP contribution is -2.54. The number of rotatable bonds is 11. The van der Waals surface area contributed by atoms with Crippen molar-refractivity contribution < 1.29 is 22.4 Å². The summed E-state index contributed by atoms with van der Waals surface area (Å²) < 4.78 is 40.5. The Kier molecular flexibility index (Phi) is 9.86. The molecule has 0 fully saturated rings. The summed E-state index contributed by atoms with van der Waals surface area (Å²) in [6.07, 6.45) is 1.27. The Balaban J connectivity index is 2.07. The Labute approximate surface area is 230 Å². The molecule has 39 heavy (non-hydrogen) atoms. The van der Waals surface area contributed by atoms with Crippen molar-refractivity contribution in [2.75, 3.05) is 17.1 Å².